The van der Waals surface area contributed by atoms with E-state index in [1.165, 1.54) is 18.9 Å². The van der Waals surface area contributed by atoms with Gasteiger partial charge in [-0.25, -0.2) is 0 Å². The Labute approximate surface area is 153 Å². The number of fused-ring (bicyclic) bond motifs is 1. The number of aromatic nitrogens is 1. The molecule has 1 saturated carbocycles. The first-order chi connectivity index (χ1) is 12.6. The van der Waals surface area contributed by atoms with E-state index in [1.807, 2.05) is 4.90 Å². The van der Waals surface area contributed by atoms with Crippen LogP contribution in [0.2, 0.25) is 0 Å². The van der Waals surface area contributed by atoms with Crippen molar-refractivity contribution in [3.05, 3.63) is 27.7 Å². The molecule has 1 saturated heterocycles. The third kappa shape index (κ3) is 3.64. The van der Waals surface area contributed by atoms with Gasteiger partial charge in [0.2, 0.25) is 0 Å². The lowest BCUT2D eigenvalue weighted by Gasteiger charge is -2.33. The minimum Gasteiger partial charge on any atom is -0.492 e. The van der Waals surface area contributed by atoms with Crippen molar-refractivity contribution >= 4 is 5.91 Å². The van der Waals surface area contributed by atoms with Gasteiger partial charge in [0.25, 0.3) is 11.5 Å². The molecule has 0 radical (unpaired) electrons. The summed E-state index contributed by atoms with van der Waals surface area (Å²) in [5, 5.41) is 0. The van der Waals surface area contributed by atoms with E-state index in [2.05, 4.69) is 11.9 Å². The van der Waals surface area contributed by atoms with Crippen molar-refractivity contribution in [3.8, 4) is 5.75 Å². The lowest BCUT2D eigenvalue weighted by atomic mass is 10.1. The summed E-state index contributed by atoms with van der Waals surface area (Å²) >= 11 is 0. The monoisotopic (exact) mass is 361 g/mol. The van der Waals surface area contributed by atoms with E-state index in [0.717, 1.165) is 18.8 Å². The van der Waals surface area contributed by atoms with Gasteiger partial charge in [-0.1, -0.05) is 0 Å². The molecule has 0 N–H and O–H groups in total. The molecule has 4 rings (SSSR count). The standard InChI is InChI=1S/C19H27N3O4/c1-20-5-7-21(8-6-20)19(24)18-15-4-10-25-11-9-22(15)17(23)12-16(18)26-13-14-2-3-14/h12,14H,2-11,13H2,1H3. The fourth-order valence-electron chi connectivity index (χ4n) is 3.61. The predicted octanol–water partition coefficient (Wildman–Crippen LogP) is 0.597. The fourth-order valence-corrected chi connectivity index (χ4v) is 3.61. The summed E-state index contributed by atoms with van der Waals surface area (Å²) in [5.74, 6) is 1.00. The highest BCUT2D eigenvalue weighted by Gasteiger charge is 2.30. The second-order valence-electron chi connectivity index (χ2n) is 7.53. The number of hydrogen-bond acceptors (Lipinski definition) is 5. The summed E-state index contributed by atoms with van der Waals surface area (Å²) in [6, 6.07) is 1.50. The lowest BCUT2D eigenvalue weighted by Crippen LogP contribution is -2.47. The van der Waals surface area contributed by atoms with Gasteiger partial charge in [-0.3, -0.25) is 9.59 Å². The number of piperazine rings is 1. The molecule has 1 aromatic heterocycles. The minimum absolute atomic E-state index is 0.0189. The average molecular weight is 361 g/mol. The molecule has 0 spiro atoms. The van der Waals surface area contributed by atoms with Crippen LogP contribution in [0.25, 0.3) is 0 Å². The summed E-state index contributed by atoms with van der Waals surface area (Å²) < 4.78 is 13.2. The highest BCUT2D eigenvalue weighted by molar-refractivity contribution is 5.98. The van der Waals surface area contributed by atoms with Crippen molar-refractivity contribution in [2.75, 3.05) is 53.0 Å². The molecule has 0 bridgehead atoms. The van der Waals surface area contributed by atoms with E-state index in [4.69, 9.17) is 9.47 Å². The van der Waals surface area contributed by atoms with Crippen LogP contribution in [0, 0.1) is 5.92 Å². The second kappa shape index (κ2) is 7.40. The topological polar surface area (TPSA) is 64.0 Å². The van der Waals surface area contributed by atoms with Crippen LogP contribution in [-0.2, 0) is 17.7 Å². The Kier molecular flexibility index (Phi) is 5.00. The van der Waals surface area contributed by atoms with Crippen molar-refractivity contribution in [1.82, 2.24) is 14.4 Å². The first kappa shape index (κ1) is 17.5. The van der Waals surface area contributed by atoms with Gasteiger partial charge in [-0.2, -0.15) is 0 Å². The Morgan fingerprint density at radius 1 is 1.19 bits per heavy atom. The van der Waals surface area contributed by atoms with Gasteiger partial charge in [0.05, 0.1) is 19.8 Å². The molecular weight excluding hydrogens is 334 g/mol. The van der Waals surface area contributed by atoms with Crippen LogP contribution in [0.5, 0.6) is 5.75 Å². The maximum absolute atomic E-state index is 13.4. The molecule has 3 heterocycles. The SMILES string of the molecule is CN1CCN(C(=O)c2c(OCC3CC3)cc(=O)n3c2CCOCC3)CC1. The number of nitrogens with zero attached hydrogens (tertiary/aromatic N) is 3. The van der Waals surface area contributed by atoms with Crippen LogP contribution in [0.1, 0.15) is 28.9 Å². The zero-order chi connectivity index (χ0) is 18.1. The summed E-state index contributed by atoms with van der Waals surface area (Å²) in [4.78, 5) is 30.0. The Morgan fingerprint density at radius 2 is 1.96 bits per heavy atom. The van der Waals surface area contributed by atoms with Crippen molar-refractivity contribution < 1.29 is 14.3 Å². The van der Waals surface area contributed by atoms with Gasteiger partial charge < -0.3 is 23.8 Å². The van der Waals surface area contributed by atoms with Crippen LogP contribution in [0.4, 0.5) is 0 Å². The highest BCUT2D eigenvalue weighted by Crippen LogP contribution is 2.31. The predicted molar refractivity (Wildman–Crippen MR) is 96.8 cm³/mol. The largest absolute Gasteiger partial charge is 0.492 e. The Bertz CT molecular complexity index is 733. The van der Waals surface area contributed by atoms with Crippen molar-refractivity contribution in [2.24, 2.45) is 5.92 Å². The number of likely N-dealkylation sites (N-methyl/N-ethyl adjacent to an activating group) is 1. The molecule has 2 fully saturated rings. The molecule has 26 heavy (non-hydrogen) atoms. The summed E-state index contributed by atoms with van der Waals surface area (Å²) in [6.45, 7) is 5.22. The molecular formula is C19H27N3O4. The van der Waals surface area contributed by atoms with Crippen molar-refractivity contribution in [2.45, 2.75) is 25.8 Å². The average Bonchev–Trinajstić information content (AvgIpc) is 3.47. The van der Waals surface area contributed by atoms with E-state index in [0.29, 0.717) is 63.1 Å². The van der Waals surface area contributed by atoms with E-state index < -0.39 is 0 Å². The van der Waals surface area contributed by atoms with E-state index in [9.17, 15) is 9.59 Å². The first-order valence-electron chi connectivity index (χ1n) is 9.58. The quantitative estimate of drug-likeness (QED) is 0.786. The Hall–Kier alpha value is -1.86. The Morgan fingerprint density at radius 3 is 2.69 bits per heavy atom. The fraction of sp³-hybridized carbons (Fsp3) is 0.684. The molecule has 1 aromatic rings. The zero-order valence-corrected chi connectivity index (χ0v) is 15.4. The Balaban J connectivity index is 1.70. The van der Waals surface area contributed by atoms with Gasteiger partial charge in [0.1, 0.15) is 11.3 Å². The highest BCUT2D eigenvalue weighted by atomic mass is 16.5. The molecule has 7 heteroatoms. The van der Waals surface area contributed by atoms with Gasteiger partial charge in [0.15, 0.2) is 0 Å². The lowest BCUT2D eigenvalue weighted by molar-refractivity contribution is 0.0657. The summed E-state index contributed by atoms with van der Waals surface area (Å²) in [6.07, 6.45) is 2.89. The second-order valence-corrected chi connectivity index (χ2v) is 7.53. The van der Waals surface area contributed by atoms with Crippen LogP contribution < -0.4 is 10.3 Å². The number of pyridine rings is 1. The third-order valence-electron chi connectivity index (χ3n) is 5.50. The van der Waals surface area contributed by atoms with Gasteiger partial charge in [-0.05, 0) is 25.8 Å². The van der Waals surface area contributed by atoms with Crippen LogP contribution in [0.3, 0.4) is 0 Å². The smallest absolute Gasteiger partial charge is 0.259 e. The van der Waals surface area contributed by atoms with Gasteiger partial charge in [0, 0.05) is 50.9 Å². The van der Waals surface area contributed by atoms with E-state index in [1.54, 1.807) is 4.57 Å². The first-order valence-corrected chi connectivity index (χ1v) is 9.58. The van der Waals surface area contributed by atoms with Crippen molar-refractivity contribution in [3.63, 3.8) is 0 Å². The van der Waals surface area contributed by atoms with E-state index in [-0.39, 0.29) is 11.5 Å². The number of carbonyl (C=O) groups excluding carboxylic acids is 1. The molecule has 7 nitrogen and oxygen atoms in total. The number of rotatable bonds is 4. The van der Waals surface area contributed by atoms with E-state index >= 15 is 0 Å². The molecule has 0 atom stereocenters. The van der Waals surface area contributed by atoms with Crippen LogP contribution in [0.15, 0.2) is 10.9 Å². The van der Waals surface area contributed by atoms with Gasteiger partial charge in [-0.15, -0.1) is 0 Å². The summed E-state index contributed by atoms with van der Waals surface area (Å²) in [7, 11) is 2.07. The number of ether oxygens (including phenoxy) is 2. The maximum Gasteiger partial charge on any atom is 0.259 e. The molecule has 3 aliphatic rings. The minimum atomic E-state index is -0.105. The van der Waals surface area contributed by atoms with Gasteiger partial charge >= 0.3 is 0 Å². The molecule has 1 amide bonds. The molecule has 0 aromatic carbocycles. The van der Waals surface area contributed by atoms with Crippen LogP contribution in [-0.4, -0.2) is 73.3 Å². The molecule has 0 unspecified atom stereocenters. The molecule has 2 aliphatic heterocycles. The van der Waals surface area contributed by atoms with Crippen LogP contribution >= 0.6 is 0 Å². The molecule has 1 aliphatic carbocycles. The number of hydrogen-bond donors (Lipinski definition) is 0. The molecule has 142 valence electrons. The van der Waals surface area contributed by atoms with Crippen molar-refractivity contribution in [1.29, 1.82) is 0 Å². The zero-order valence-electron chi connectivity index (χ0n) is 15.4. The maximum atomic E-state index is 13.4. The number of carbonyl (C=O) groups is 1. The number of amides is 1. The third-order valence-corrected chi connectivity index (χ3v) is 5.50. The summed E-state index contributed by atoms with van der Waals surface area (Å²) in [5.41, 5.74) is 1.23. The normalized spacial score (nSPS) is 21.2.